The van der Waals surface area contributed by atoms with Crippen molar-refractivity contribution in [2.45, 2.75) is 89.1 Å². The van der Waals surface area contributed by atoms with Crippen LogP contribution in [0.25, 0.3) is 0 Å². The molecule has 1 N–H and O–H groups in total. The summed E-state index contributed by atoms with van der Waals surface area (Å²) >= 11 is 0. The SMILES string of the molecule is CC(C)OC(=O)N1[C@H](C)C[C@H](NS(=O)(=O)CF)[C@@H]1CO[C@H]1CC[C@@]2(c3ncc(F)cn3)C(C)C2C1. The number of ether oxygens (including phenoxy) is 2. The third kappa shape index (κ3) is 5.15. The van der Waals surface area contributed by atoms with E-state index in [4.69, 9.17) is 9.47 Å². The standard InChI is InChI=1S/C23H34F2N4O5S/c1-13(2)34-22(30)29-14(3)7-19(28-35(31,32)12-24)20(29)11-33-17-5-6-23(15(4)18(23)8-17)21-26-9-16(25)10-27-21/h9-10,13-15,17-20,28H,5-8,11-12H2,1-4H3/t14-,15?,17+,18?,19+,20+,23-/m1/s1. The summed E-state index contributed by atoms with van der Waals surface area (Å²) in [5, 5.41) is 0. The van der Waals surface area contributed by atoms with Gasteiger partial charge in [0.05, 0.1) is 37.3 Å². The molecule has 1 amide bonds. The van der Waals surface area contributed by atoms with E-state index in [-0.39, 0.29) is 30.3 Å². The Morgan fingerprint density at radius 3 is 2.57 bits per heavy atom. The van der Waals surface area contributed by atoms with Crippen molar-refractivity contribution in [3.8, 4) is 0 Å². The molecule has 0 spiro atoms. The summed E-state index contributed by atoms with van der Waals surface area (Å²) in [6.07, 6.45) is 4.06. The van der Waals surface area contributed by atoms with Crippen LogP contribution in [0.2, 0.25) is 0 Å². The first-order valence-corrected chi connectivity index (χ1v) is 13.8. The number of alkyl halides is 1. The molecule has 1 aromatic rings. The van der Waals surface area contributed by atoms with Gasteiger partial charge < -0.3 is 9.47 Å². The number of fused-ring (bicyclic) bond motifs is 1. The van der Waals surface area contributed by atoms with E-state index in [2.05, 4.69) is 21.6 Å². The van der Waals surface area contributed by atoms with Crippen molar-refractivity contribution < 1.29 is 31.5 Å². The summed E-state index contributed by atoms with van der Waals surface area (Å²) in [6.45, 7) is 7.53. The van der Waals surface area contributed by atoms with Crippen LogP contribution in [0.1, 0.15) is 59.2 Å². The van der Waals surface area contributed by atoms with Crippen LogP contribution in [0.5, 0.6) is 0 Å². The molecule has 2 heterocycles. The van der Waals surface area contributed by atoms with E-state index >= 15 is 0 Å². The Kier molecular flexibility index (Phi) is 7.36. The lowest BCUT2D eigenvalue weighted by Gasteiger charge is -2.33. The van der Waals surface area contributed by atoms with E-state index in [1.807, 2.05) is 6.92 Å². The highest BCUT2D eigenvalue weighted by Gasteiger charge is 2.66. The molecule has 1 saturated heterocycles. The summed E-state index contributed by atoms with van der Waals surface area (Å²) in [5.41, 5.74) is -0.165. The van der Waals surface area contributed by atoms with Crippen LogP contribution in [0.15, 0.2) is 12.4 Å². The number of likely N-dealkylation sites (tertiary alicyclic amines) is 1. The lowest BCUT2D eigenvalue weighted by atomic mass is 9.85. The van der Waals surface area contributed by atoms with E-state index in [0.29, 0.717) is 24.1 Å². The number of amides is 1. The van der Waals surface area contributed by atoms with E-state index < -0.39 is 40.0 Å². The van der Waals surface area contributed by atoms with E-state index in [0.717, 1.165) is 19.3 Å². The van der Waals surface area contributed by atoms with Gasteiger partial charge >= 0.3 is 6.09 Å². The van der Waals surface area contributed by atoms with Gasteiger partial charge in [-0.05, 0) is 58.3 Å². The predicted molar refractivity (Wildman–Crippen MR) is 123 cm³/mol. The first-order chi connectivity index (χ1) is 16.5. The third-order valence-corrected chi connectivity index (χ3v) is 8.77. The van der Waals surface area contributed by atoms with Crippen LogP contribution in [0, 0.1) is 17.7 Å². The number of carbonyl (C=O) groups excluding carboxylic acids is 1. The summed E-state index contributed by atoms with van der Waals surface area (Å²) in [6, 6.07) is -3.14. The first-order valence-electron chi connectivity index (χ1n) is 12.1. The monoisotopic (exact) mass is 516 g/mol. The van der Waals surface area contributed by atoms with Crippen LogP contribution >= 0.6 is 0 Å². The minimum Gasteiger partial charge on any atom is -0.447 e. The van der Waals surface area contributed by atoms with Gasteiger partial charge in [-0.3, -0.25) is 4.90 Å². The predicted octanol–water partition coefficient (Wildman–Crippen LogP) is 2.91. The molecule has 0 aromatic carbocycles. The summed E-state index contributed by atoms with van der Waals surface area (Å²) in [4.78, 5) is 22.8. The molecular formula is C23H34F2N4O5S. The smallest absolute Gasteiger partial charge is 0.410 e. The van der Waals surface area contributed by atoms with Crippen LogP contribution < -0.4 is 4.72 Å². The third-order valence-electron chi connectivity index (χ3n) is 7.82. The second kappa shape index (κ2) is 9.85. The molecule has 0 bridgehead atoms. The number of nitrogens with zero attached hydrogens (tertiary/aromatic N) is 3. The second-order valence-electron chi connectivity index (χ2n) is 10.3. The van der Waals surface area contributed by atoms with Crippen LogP contribution in [0.4, 0.5) is 13.6 Å². The molecule has 9 nitrogen and oxygen atoms in total. The largest absolute Gasteiger partial charge is 0.447 e. The number of aromatic nitrogens is 2. The van der Waals surface area contributed by atoms with Crippen molar-refractivity contribution in [3.63, 3.8) is 0 Å². The number of nitrogens with one attached hydrogen (secondary N) is 1. The van der Waals surface area contributed by atoms with Gasteiger partial charge in [-0.25, -0.2) is 36.7 Å². The van der Waals surface area contributed by atoms with Crippen LogP contribution in [0.3, 0.4) is 0 Å². The molecule has 1 aromatic heterocycles. The maximum atomic E-state index is 13.3. The van der Waals surface area contributed by atoms with Gasteiger partial charge in [0, 0.05) is 17.5 Å². The first kappa shape index (κ1) is 26.2. The number of rotatable bonds is 8. The molecular weight excluding hydrogens is 482 g/mol. The lowest BCUT2D eigenvalue weighted by Crippen LogP contribution is -2.51. The zero-order valence-electron chi connectivity index (χ0n) is 20.5. The Bertz CT molecular complexity index is 1030. The molecule has 1 aliphatic heterocycles. The van der Waals surface area contributed by atoms with Gasteiger partial charge in [-0.15, -0.1) is 0 Å². The van der Waals surface area contributed by atoms with Crippen molar-refractivity contribution in [2.24, 2.45) is 11.8 Å². The highest BCUT2D eigenvalue weighted by molar-refractivity contribution is 7.89. The minimum atomic E-state index is -4.12. The van der Waals surface area contributed by atoms with Gasteiger partial charge in [0.25, 0.3) is 0 Å². The number of carbonyl (C=O) groups is 1. The van der Waals surface area contributed by atoms with Crippen molar-refractivity contribution in [2.75, 3.05) is 12.6 Å². The van der Waals surface area contributed by atoms with Gasteiger partial charge in [0.1, 0.15) is 5.82 Å². The lowest BCUT2D eigenvalue weighted by molar-refractivity contribution is -0.0148. The minimum absolute atomic E-state index is 0.0872. The number of halogens is 2. The Morgan fingerprint density at radius 2 is 1.97 bits per heavy atom. The molecule has 2 saturated carbocycles. The molecule has 2 unspecified atom stereocenters. The topological polar surface area (TPSA) is 111 Å². The average Bonchev–Trinajstić information content (AvgIpc) is 3.26. The molecule has 35 heavy (non-hydrogen) atoms. The van der Waals surface area contributed by atoms with Gasteiger partial charge in [-0.1, -0.05) is 6.92 Å². The molecule has 2 aliphatic carbocycles. The molecule has 12 heteroatoms. The summed E-state index contributed by atoms with van der Waals surface area (Å²) in [5.74, 6) is 0.853. The van der Waals surface area contributed by atoms with Crippen LogP contribution in [-0.4, -0.2) is 72.3 Å². The highest BCUT2D eigenvalue weighted by Crippen LogP contribution is 2.66. The maximum absolute atomic E-state index is 13.3. The second-order valence-corrected chi connectivity index (χ2v) is 12.0. The Balaban J connectivity index is 1.44. The average molecular weight is 517 g/mol. The van der Waals surface area contributed by atoms with E-state index in [1.165, 1.54) is 17.3 Å². The van der Waals surface area contributed by atoms with Crippen molar-refractivity contribution in [1.82, 2.24) is 19.6 Å². The fourth-order valence-corrected chi connectivity index (χ4v) is 6.87. The van der Waals surface area contributed by atoms with Crippen molar-refractivity contribution in [3.05, 3.63) is 24.0 Å². The van der Waals surface area contributed by atoms with Crippen molar-refractivity contribution >= 4 is 16.1 Å². The summed E-state index contributed by atoms with van der Waals surface area (Å²) < 4.78 is 64.2. The van der Waals surface area contributed by atoms with E-state index in [1.54, 1.807) is 13.8 Å². The zero-order chi connectivity index (χ0) is 25.5. The quantitative estimate of drug-likeness (QED) is 0.566. The van der Waals surface area contributed by atoms with Gasteiger partial charge in [0.2, 0.25) is 16.0 Å². The Labute approximate surface area is 205 Å². The van der Waals surface area contributed by atoms with Crippen LogP contribution in [-0.2, 0) is 24.9 Å². The Morgan fingerprint density at radius 1 is 1.29 bits per heavy atom. The maximum Gasteiger partial charge on any atom is 0.410 e. The normalized spacial score (nSPS) is 34.7. The number of hydrogen-bond acceptors (Lipinski definition) is 7. The molecule has 4 rings (SSSR count). The molecule has 7 atom stereocenters. The fraction of sp³-hybridized carbons (Fsp3) is 0.783. The molecule has 3 aliphatic rings. The summed E-state index contributed by atoms with van der Waals surface area (Å²) in [7, 11) is -4.12. The van der Waals surface area contributed by atoms with Gasteiger partial charge in [-0.2, -0.15) is 0 Å². The number of hydrogen-bond donors (Lipinski definition) is 1. The highest BCUT2D eigenvalue weighted by atomic mass is 32.2. The zero-order valence-corrected chi connectivity index (χ0v) is 21.3. The van der Waals surface area contributed by atoms with E-state index in [9.17, 15) is 22.0 Å². The molecule has 3 fully saturated rings. The van der Waals surface area contributed by atoms with Gasteiger partial charge in [0.15, 0.2) is 5.82 Å². The fourth-order valence-electron chi connectivity index (χ4n) is 6.10. The van der Waals surface area contributed by atoms with Crippen molar-refractivity contribution in [1.29, 1.82) is 0 Å². The molecule has 196 valence electrons. The number of sulfonamides is 1. The Hall–Kier alpha value is -1.92. The molecule has 0 radical (unpaired) electrons.